The van der Waals surface area contributed by atoms with Gasteiger partial charge in [-0.1, -0.05) is 188 Å². The second kappa shape index (κ2) is 13.2. The zero-order valence-electron chi connectivity index (χ0n) is 33.2. The highest BCUT2D eigenvalue weighted by molar-refractivity contribution is 7.25. The van der Waals surface area contributed by atoms with Crippen LogP contribution in [0.4, 0.5) is 17.1 Å². The van der Waals surface area contributed by atoms with Gasteiger partial charge in [0.15, 0.2) is 0 Å². The smallest absolute Gasteiger partial charge is 0.0725 e. The van der Waals surface area contributed by atoms with Gasteiger partial charge in [-0.15, -0.1) is 11.3 Å². The molecule has 10 aromatic carbocycles. The van der Waals surface area contributed by atoms with E-state index in [1.807, 2.05) is 11.3 Å². The summed E-state index contributed by atoms with van der Waals surface area (Å²) in [7, 11) is 0. The summed E-state index contributed by atoms with van der Waals surface area (Å²) in [6.45, 7) is 0. The van der Waals surface area contributed by atoms with Crippen molar-refractivity contribution in [2.75, 3.05) is 4.90 Å². The van der Waals surface area contributed by atoms with Gasteiger partial charge in [0.05, 0.1) is 16.8 Å². The van der Waals surface area contributed by atoms with Crippen molar-refractivity contribution in [1.82, 2.24) is 0 Å². The summed E-state index contributed by atoms with van der Waals surface area (Å²) >= 11 is 1.87. The molecule has 0 saturated carbocycles. The summed E-state index contributed by atoms with van der Waals surface area (Å²) < 4.78 is 2.61. The number of hydrogen-bond donors (Lipinski definition) is 0. The molecule has 0 bridgehead atoms. The van der Waals surface area contributed by atoms with Crippen LogP contribution in [0.3, 0.4) is 0 Å². The lowest BCUT2D eigenvalue weighted by Gasteiger charge is -2.30. The third kappa shape index (κ3) is 4.83. The van der Waals surface area contributed by atoms with Crippen molar-refractivity contribution in [2.24, 2.45) is 0 Å². The number of rotatable bonds is 5. The fourth-order valence-corrected chi connectivity index (χ4v) is 12.0. The zero-order chi connectivity index (χ0) is 40.1. The lowest BCUT2D eigenvalue weighted by molar-refractivity contribution is 0.794. The van der Waals surface area contributed by atoms with Gasteiger partial charge in [0.25, 0.3) is 0 Å². The number of para-hydroxylation sites is 1. The van der Waals surface area contributed by atoms with Crippen molar-refractivity contribution >= 4 is 59.3 Å². The predicted octanol–water partition coefficient (Wildman–Crippen LogP) is 16.4. The summed E-state index contributed by atoms with van der Waals surface area (Å²) in [4.78, 5) is 2.47. The van der Waals surface area contributed by atoms with Crippen LogP contribution in [0, 0.1) is 0 Å². The molecule has 2 aliphatic carbocycles. The fourth-order valence-electron chi connectivity index (χ4n) is 10.9. The molecule has 61 heavy (non-hydrogen) atoms. The largest absolute Gasteiger partial charge is 0.309 e. The minimum absolute atomic E-state index is 0.374. The first-order valence-corrected chi connectivity index (χ1v) is 21.9. The first kappa shape index (κ1) is 34.4. The first-order chi connectivity index (χ1) is 30.3. The molecule has 2 heteroatoms. The van der Waals surface area contributed by atoms with E-state index in [2.05, 4.69) is 229 Å². The van der Waals surface area contributed by atoms with Crippen molar-refractivity contribution in [3.63, 3.8) is 0 Å². The molecule has 0 amide bonds. The van der Waals surface area contributed by atoms with E-state index in [0.717, 1.165) is 17.1 Å². The van der Waals surface area contributed by atoms with Gasteiger partial charge in [-0.2, -0.15) is 0 Å². The van der Waals surface area contributed by atoms with E-state index in [4.69, 9.17) is 0 Å². The van der Waals surface area contributed by atoms with E-state index < -0.39 is 0 Å². The third-order valence-electron chi connectivity index (χ3n) is 13.3. The molecule has 0 radical (unpaired) electrons. The van der Waals surface area contributed by atoms with Crippen LogP contribution in [0.25, 0.3) is 75.5 Å². The summed E-state index contributed by atoms with van der Waals surface area (Å²) in [5.74, 6) is 0. The molecule has 2 aliphatic rings. The fraction of sp³-hybridized carbons (Fsp3) is 0.0169. The Hall–Kier alpha value is -7.52. The van der Waals surface area contributed by atoms with E-state index in [1.54, 1.807) is 0 Å². The molecule has 0 saturated heterocycles. The van der Waals surface area contributed by atoms with Gasteiger partial charge in [0.1, 0.15) is 0 Å². The molecule has 1 heterocycles. The van der Waals surface area contributed by atoms with Gasteiger partial charge in [0, 0.05) is 36.8 Å². The number of hydrogen-bond acceptors (Lipinski definition) is 2. The monoisotopic (exact) mass is 791 g/mol. The Morgan fingerprint density at radius 1 is 0.328 bits per heavy atom. The van der Waals surface area contributed by atoms with Crippen molar-refractivity contribution in [3.8, 4) is 44.5 Å². The molecule has 1 aromatic heterocycles. The highest BCUT2D eigenvalue weighted by Gasteiger charge is 2.51. The Morgan fingerprint density at radius 2 is 0.836 bits per heavy atom. The minimum Gasteiger partial charge on any atom is -0.309 e. The van der Waals surface area contributed by atoms with Crippen LogP contribution in [0.2, 0.25) is 0 Å². The van der Waals surface area contributed by atoms with E-state index in [-0.39, 0.29) is 5.41 Å². The van der Waals surface area contributed by atoms with E-state index in [9.17, 15) is 0 Å². The lowest BCUT2D eigenvalue weighted by Crippen LogP contribution is -2.25. The van der Waals surface area contributed by atoms with Gasteiger partial charge in [-0.25, -0.2) is 0 Å². The van der Waals surface area contributed by atoms with Crippen LogP contribution in [0.1, 0.15) is 22.3 Å². The molecule has 13 rings (SSSR count). The van der Waals surface area contributed by atoms with Crippen molar-refractivity contribution < 1.29 is 0 Å². The molecule has 1 nitrogen and oxygen atoms in total. The predicted molar refractivity (Wildman–Crippen MR) is 259 cm³/mol. The molecule has 0 fully saturated rings. The lowest BCUT2D eigenvalue weighted by atomic mass is 9.70. The van der Waals surface area contributed by atoms with Crippen LogP contribution in [0.15, 0.2) is 224 Å². The Bertz CT molecular complexity index is 3500. The summed E-state index contributed by atoms with van der Waals surface area (Å²) in [6, 6.07) is 83.4. The maximum Gasteiger partial charge on any atom is 0.0725 e. The standard InChI is InChI=1S/C59H37NS/c1-2-18-41-38(16-1)17-13-31-53(41)60(54-30-11-6-21-45(54)46-25-15-33-56-58(46)48-23-7-12-32-55(48)61-56)40-36-34-39(35-37-40)42-24-14-29-52-57(42)47-22-5-10-28-51(47)59(52)49-26-8-3-19-43(49)44-20-4-9-27-50(44)59/h1-37H. The van der Waals surface area contributed by atoms with Gasteiger partial charge in [0.2, 0.25) is 0 Å². The number of anilines is 3. The molecule has 0 aliphatic heterocycles. The van der Waals surface area contributed by atoms with Crippen LogP contribution in [0.5, 0.6) is 0 Å². The molecule has 0 atom stereocenters. The number of nitrogens with zero attached hydrogens (tertiary/aromatic N) is 1. The van der Waals surface area contributed by atoms with E-state index >= 15 is 0 Å². The molecule has 284 valence electrons. The maximum absolute atomic E-state index is 2.47. The van der Waals surface area contributed by atoms with Gasteiger partial charge < -0.3 is 4.90 Å². The molecule has 0 unspecified atom stereocenters. The number of thiophene rings is 1. The topological polar surface area (TPSA) is 3.24 Å². The minimum atomic E-state index is -0.374. The highest BCUT2D eigenvalue weighted by atomic mass is 32.1. The molecular formula is C59H37NS. The van der Waals surface area contributed by atoms with Crippen molar-refractivity contribution in [3.05, 3.63) is 247 Å². The van der Waals surface area contributed by atoms with Crippen LogP contribution >= 0.6 is 11.3 Å². The third-order valence-corrected chi connectivity index (χ3v) is 14.4. The van der Waals surface area contributed by atoms with Gasteiger partial charge in [-0.05, 0) is 103 Å². The molecule has 11 aromatic rings. The van der Waals surface area contributed by atoms with Crippen LogP contribution < -0.4 is 4.90 Å². The highest BCUT2D eigenvalue weighted by Crippen LogP contribution is 2.64. The quantitative estimate of drug-likeness (QED) is 0.168. The summed E-state index contributed by atoms with van der Waals surface area (Å²) in [5.41, 5.74) is 18.7. The Labute approximate surface area is 359 Å². The number of benzene rings is 10. The SMILES string of the molecule is c1ccc(N(c2ccc(-c3cccc4c3-c3ccccc3C43c4ccccc4-c4ccccc43)cc2)c2cccc3ccccc23)c(-c2cccc3sc4ccccc4c23)c1. The molecule has 1 spiro atoms. The maximum atomic E-state index is 2.47. The van der Waals surface area contributed by atoms with Crippen molar-refractivity contribution in [1.29, 1.82) is 0 Å². The Kier molecular flexibility index (Phi) is 7.46. The van der Waals surface area contributed by atoms with E-state index in [0.29, 0.717) is 0 Å². The average molecular weight is 792 g/mol. The normalized spacial score (nSPS) is 13.0. The van der Waals surface area contributed by atoms with Gasteiger partial charge >= 0.3 is 0 Å². The molecule has 0 N–H and O–H groups in total. The first-order valence-electron chi connectivity index (χ1n) is 21.1. The summed E-state index contributed by atoms with van der Waals surface area (Å²) in [6.07, 6.45) is 0. The van der Waals surface area contributed by atoms with Crippen LogP contribution in [-0.2, 0) is 5.41 Å². The molecular weight excluding hydrogens is 755 g/mol. The second-order valence-electron chi connectivity index (χ2n) is 16.3. The Balaban J connectivity index is 1.01. The number of fused-ring (bicyclic) bond motifs is 14. The average Bonchev–Trinajstić information content (AvgIpc) is 3.97. The Morgan fingerprint density at radius 3 is 1.62 bits per heavy atom. The van der Waals surface area contributed by atoms with E-state index in [1.165, 1.54) is 97.7 Å². The van der Waals surface area contributed by atoms with Crippen LogP contribution in [-0.4, -0.2) is 0 Å². The zero-order valence-corrected chi connectivity index (χ0v) is 34.0. The van der Waals surface area contributed by atoms with Crippen molar-refractivity contribution in [2.45, 2.75) is 5.41 Å². The second-order valence-corrected chi connectivity index (χ2v) is 17.4. The van der Waals surface area contributed by atoms with Gasteiger partial charge in [-0.3, -0.25) is 0 Å². The summed E-state index contributed by atoms with van der Waals surface area (Å²) in [5, 5.41) is 5.04.